The van der Waals surface area contributed by atoms with Gasteiger partial charge in [0.15, 0.2) is 0 Å². The minimum absolute atomic E-state index is 0.0326. The zero-order valence-electron chi connectivity index (χ0n) is 16.3. The second-order valence-corrected chi connectivity index (χ2v) is 8.75. The molecule has 1 aromatic rings. The number of hydrogen-bond donors (Lipinski definition) is 2. The number of hydrogen-bond acceptors (Lipinski definition) is 7. The molecule has 2 aliphatic rings. The Morgan fingerprint density at radius 3 is 2.43 bits per heavy atom. The van der Waals surface area contributed by atoms with Crippen LogP contribution < -0.4 is 10.2 Å². The molecule has 1 amide bonds. The van der Waals surface area contributed by atoms with E-state index in [1.807, 2.05) is 0 Å². The van der Waals surface area contributed by atoms with Crippen molar-refractivity contribution in [1.82, 2.24) is 9.79 Å². The first-order chi connectivity index (χ1) is 14.3. The quantitative estimate of drug-likeness (QED) is 0.375. The van der Waals surface area contributed by atoms with E-state index in [-0.39, 0.29) is 11.9 Å². The third kappa shape index (κ3) is 6.48. The number of carbonyl (C=O) groups excluding carboxylic acids is 1. The first-order valence-electron chi connectivity index (χ1n) is 9.72. The molecule has 30 heavy (non-hydrogen) atoms. The van der Waals surface area contributed by atoms with E-state index in [0.717, 1.165) is 31.5 Å². The molecule has 0 unspecified atom stereocenters. The predicted octanol–water partition coefficient (Wildman–Crippen LogP) is 3.27. The first kappa shape index (κ1) is 23.1. The number of rotatable bonds is 7. The number of nitrogens with zero attached hydrogens (tertiary/aromatic N) is 1. The monoisotopic (exact) mass is 450 g/mol. The lowest BCUT2D eigenvalue weighted by molar-refractivity contribution is -0.274. The summed E-state index contributed by atoms with van der Waals surface area (Å²) in [4.78, 5) is 12.2. The summed E-state index contributed by atoms with van der Waals surface area (Å²) >= 11 is 1.46. The SMILES string of the molecule is O=C(NO)C1(SN2CCC(OCc3ccc(OC(F)(F)F)cc3)CC2)CCOCC1. The van der Waals surface area contributed by atoms with Gasteiger partial charge < -0.3 is 14.2 Å². The number of hydroxylamine groups is 1. The molecule has 0 aliphatic carbocycles. The smallest absolute Gasteiger partial charge is 0.406 e. The molecule has 2 N–H and O–H groups in total. The van der Waals surface area contributed by atoms with Crippen LogP contribution in [0.2, 0.25) is 0 Å². The molecule has 1 aromatic carbocycles. The van der Waals surface area contributed by atoms with Crippen molar-refractivity contribution in [3.8, 4) is 5.75 Å². The second-order valence-electron chi connectivity index (χ2n) is 7.27. The van der Waals surface area contributed by atoms with Gasteiger partial charge in [-0.15, -0.1) is 13.2 Å². The van der Waals surface area contributed by atoms with E-state index in [4.69, 9.17) is 14.7 Å². The number of ether oxygens (including phenoxy) is 3. The summed E-state index contributed by atoms with van der Waals surface area (Å²) in [6.45, 7) is 2.72. The lowest BCUT2D eigenvalue weighted by Gasteiger charge is -2.40. The van der Waals surface area contributed by atoms with Crippen molar-refractivity contribution in [2.45, 2.75) is 49.5 Å². The van der Waals surface area contributed by atoms with Gasteiger partial charge >= 0.3 is 6.36 Å². The van der Waals surface area contributed by atoms with Gasteiger partial charge in [0.05, 0.1) is 12.7 Å². The summed E-state index contributed by atoms with van der Waals surface area (Å²) in [5.41, 5.74) is 2.56. The fraction of sp³-hybridized carbons (Fsp3) is 0.632. The molecular formula is C19H25F3N2O5S. The highest BCUT2D eigenvalue weighted by molar-refractivity contribution is 7.99. The Morgan fingerprint density at radius 1 is 1.23 bits per heavy atom. The topological polar surface area (TPSA) is 80.3 Å². The van der Waals surface area contributed by atoms with Gasteiger partial charge in [0.2, 0.25) is 0 Å². The molecule has 2 aliphatic heterocycles. The van der Waals surface area contributed by atoms with Crippen molar-refractivity contribution in [1.29, 1.82) is 0 Å². The highest BCUT2D eigenvalue weighted by Crippen LogP contribution is 2.39. The fourth-order valence-corrected chi connectivity index (χ4v) is 4.87. The van der Waals surface area contributed by atoms with E-state index in [2.05, 4.69) is 9.04 Å². The van der Waals surface area contributed by atoms with Crippen LogP contribution in [-0.2, 0) is 20.9 Å². The van der Waals surface area contributed by atoms with E-state index in [1.165, 1.54) is 24.1 Å². The van der Waals surface area contributed by atoms with Gasteiger partial charge in [-0.05, 0) is 43.4 Å². The zero-order chi connectivity index (χ0) is 21.6. The van der Waals surface area contributed by atoms with Crippen LogP contribution in [-0.4, -0.2) is 58.9 Å². The van der Waals surface area contributed by atoms with Crippen molar-refractivity contribution < 1.29 is 37.4 Å². The minimum Gasteiger partial charge on any atom is -0.406 e. The largest absolute Gasteiger partial charge is 0.573 e. The average molecular weight is 450 g/mol. The molecule has 2 heterocycles. The van der Waals surface area contributed by atoms with Crippen LogP contribution in [0.1, 0.15) is 31.2 Å². The molecule has 0 aromatic heterocycles. The maximum Gasteiger partial charge on any atom is 0.573 e. The molecule has 7 nitrogen and oxygen atoms in total. The Kier molecular flexibility index (Phi) is 7.86. The van der Waals surface area contributed by atoms with Crippen LogP contribution in [0.3, 0.4) is 0 Å². The van der Waals surface area contributed by atoms with Crippen LogP contribution in [0, 0.1) is 0 Å². The summed E-state index contributed by atoms with van der Waals surface area (Å²) in [5, 5.41) is 9.12. The maximum absolute atomic E-state index is 12.2. The summed E-state index contributed by atoms with van der Waals surface area (Å²) in [6, 6.07) is 5.64. The Bertz CT molecular complexity index is 690. The molecule has 11 heteroatoms. The van der Waals surface area contributed by atoms with Gasteiger partial charge in [-0.25, -0.2) is 9.79 Å². The van der Waals surface area contributed by atoms with Crippen LogP contribution in [0.15, 0.2) is 24.3 Å². The highest BCUT2D eigenvalue weighted by atomic mass is 32.2. The van der Waals surface area contributed by atoms with Crippen molar-refractivity contribution >= 4 is 17.9 Å². The zero-order valence-corrected chi connectivity index (χ0v) is 17.1. The number of nitrogens with one attached hydrogen (secondary N) is 1. The van der Waals surface area contributed by atoms with Gasteiger partial charge in [-0.2, -0.15) is 0 Å². The van der Waals surface area contributed by atoms with Gasteiger partial charge in [0.25, 0.3) is 5.91 Å². The lowest BCUT2D eigenvalue weighted by Crippen LogP contribution is -2.50. The molecular weight excluding hydrogens is 425 g/mol. The number of carbonyl (C=O) groups is 1. The molecule has 2 fully saturated rings. The highest BCUT2D eigenvalue weighted by Gasteiger charge is 2.43. The van der Waals surface area contributed by atoms with Crippen molar-refractivity contribution in [2.75, 3.05) is 26.3 Å². The summed E-state index contributed by atoms with van der Waals surface area (Å²) in [6.07, 6.45) is -2.05. The van der Waals surface area contributed by atoms with Gasteiger partial charge in [0.1, 0.15) is 10.5 Å². The van der Waals surface area contributed by atoms with Gasteiger partial charge in [0, 0.05) is 26.3 Å². The molecule has 0 radical (unpaired) electrons. The van der Waals surface area contributed by atoms with Crippen LogP contribution in [0.4, 0.5) is 13.2 Å². The Morgan fingerprint density at radius 2 is 1.87 bits per heavy atom. The number of halogens is 3. The van der Waals surface area contributed by atoms with E-state index < -0.39 is 17.0 Å². The Hall–Kier alpha value is -1.53. The molecule has 2 saturated heterocycles. The second kappa shape index (κ2) is 10.2. The normalized spacial score (nSPS) is 20.7. The minimum atomic E-state index is -4.70. The van der Waals surface area contributed by atoms with Gasteiger partial charge in [-0.1, -0.05) is 24.1 Å². The van der Waals surface area contributed by atoms with E-state index in [9.17, 15) is 18.0 Å². The first-order valence-corrected chi connectivity index (χ1v) is 10.5. The molecule has 0 spiro atoms. The van der Waals surface area contributed by atoms with Crippen LogP contribution >= 0.6 is 11.9 Å². The average Bonchev–Trinajstić information content (AvgIpc) is 2.73. The molecule has 3 rings (SSSR count). The number of piperidine rings is 1. The number of amides is 1. The summed E-state index contributed by atoms with van der Waals surface area (Å²) in [7, 11) is 0. The summed E-state index contributed by atoms with van der Waals surface area (Å²) < 4.78 is 53.1. The number of benzene rings is 1. The van der Waals surface area contributed by atoms with Crippen molar-refractivity contribution in [2.24, 2.45) is 0 Å². The third-order valence-electron chi connectivity index (χ3n) is 5.16. The molecule has 0 bridgehead atoms. The number of alkyl halides is 3. The Balaban J connectivity index is 1.44. The van der Waals surface area contributed by atoms with E-state index >= 15 is 0 Å². The van der Waals surface area contributed by atoms with E-state index in [1.54, 1.807) is 17.6 Å². The fourth-order valence-electron chi connectivity index (χ4n) is 3.50. The van der Waals surface area contributed by atoms with E-state index in [0.29, 0.717) is 32.7 Å². The standard InChI is InChI=1S/C19H25F3N2O5S/c20-19(21,22)29-16-3-1-14(2-4-16)13-28-15-5-9-24(10-6-15)30-18(17(25)23-26)7-11-27-12-8-18/h1-4,15,26H,5-13H2,(H,23,25). The van der Waals surface area contributed by atoms with Crippen molar-refractivity contribution in [3.63, 3.8) is 0 Å². The molecule has 0 saturated carbocycles. The molecule has 168 valence electrons. The van der Waals surface area contributed by atoms with Crippen LogP contribution in [0.25, 0.3) is 0 Å². The van der Waals surface area contributed by atoms with Crippen molar-refractivity contribution in [3.05, 3.63) is 29.8 Å². The van der Waals surface area contributed by atoms with Crippen LogP contribution in [0.5, 0.6) is 5.75 Å². The predicted molar refractivity (Wildman–Crippen MR) is 103 cm³/mol. The van der Waals surface area contributed by atoms with Gasteiger partial charge in [-0.3, -0.25) is 10.0 Å². The Labute approximate surface area is 176 Å². The molecule has 0 atom stereocenters. The maximum atomic E-state index is 12.2. The third-order valence-corrected chi connectivity index (χ3v) is 6.73. The summed E-state index contributed by atoms with van der Waals surface area (Å²) in [5.74, 6) is -0.655. The lowest BCUT2D eigenvalue weighted by atomic mass is 9.98.